The highest BCUT2D eigenvalue weighted by Gasteiger charge is 2.77. The molecule has 7 N–H and O–H groups in total. The van der Waals surface area contributed by atoms with Crippen molar-refractivity contribution in [2.24, 2.45) is 28.6 Å². The molecule has 1 aromatic rings. The molecular weight excluding hydrogens is 1040 g/mol. The van der Waals surface area contributed by atoms with Crippen LogP contribution in [-0.2, 0) is 66.4 Å². The Hall–Kier alpha value is -2.63. The second-order valence-corrected chi connectivity index (χ2v) is 24.2. The predicted octanol–water partition coefficient (Wildman–Crippen LogP) is 1.82. The van der Waals surface area contributed by atoms with Crippen molar-refractivity contribution in [3.8, 4) is 0 Å². The molecule has 0 radical (unpaired) electrons. The number of aliphatic hydroxyl groups excluding tert-OH is 5. The monoisotopic (exact) mass is 1130 g/mol. The number of methoxy groups -OCH3 is 3. The van der Waals surface area contributed by atoms with E-state index in [-0.39, 0.29) is 54.1 Å². The minimum atomic E-state index is -1.71. The SMILES string of the molecule is COC1CC(OC2CCC3(C)C(CCC4C3CC(OC(C)=O)C3(C)C(O)(C(C)OC(=O)c5cccnc5)CCC43O)C2)OC(C)C1OC1CC(OC)C(OC2OC(C)C(OC3OC(CO)C(O)C(O)C3O)C(OC)C2O)C(C)O1. The molecule has 1 aromatic heterocycles. The van der Waals surface area contributed by atoms with Crippen LogP contribution < -0.4 is 0 Å². The largest absolute Gasteiger partial charge is 0.462 e. The van der Waals surface area contributed by atoms with Gasteiger partial charge >= 0.3 is 11.9 Å². The Labute approximate surface area is 462 Å². The third-order valence-electron chi connectivity index (χ3n) is 20.2. The summed E-state index contributed by atoms with van der Waals surface area (Å²) in [5.41, 5.74) is -4.47. The molecule has 4 aliphatic heterocycles. The van der Waals surface area contributed by atoms with Gasteiger partial charge in [0.15, 0.2) is 25.2 Å². The number of hydrogen-bond acceptors (Lipinski definition) is 23. The lowest BCUT2D eigenvalue weighted by Gasteiger charge is -2.66. The molecular formula is C56H87NO22. The number of nitrogens with zero attached hydrogens (tertiary/aromatic N) is 1. The van der Waals surface area contributed by atoms with Crippen molar-refractivity contribution < 1.29 is 107 Å². The molecule has 5 heterocycles. The van der Waals surface area contributed by atoms with E-state index in [0.717, 1.165) is 25.7 Å². The van der Waals surface area contributed by atoms with Gasteiger partial charge in [0.2, 0.25) is 0 Å². The van der Waals surface area contributed by atoms with Gasteiger partial charge in [-0.2, -0.15) is 0 Å². The number of ether oxygens (including phenoxy) is 13. The zero-order valence-corrected chi connectivity index (χ0v) is 47.1. The molecule has 4 saturated heterocycles. The van der Waals surface area contributed by atoms with E-state index in [2.05, 4.69) is 11.9 Å². The Morgan fingerprint density at radius 1 is 0.709 bits per heavy atom. The smallest absolute Gasteiger partial charge is 0.340 e. The van der Waals surface area contributed by atoms with E-state index < -0.39 is 158 Å². The molecule has 8 aliphatic rings. The fraction of sp³-hybridized carbons (Fsp3) is 0.875. The molecule has 0 spiro atoms. The van der Waals surface area contributed by atoms with Crippen molar-refractivity contribution in [1.82, 2.24) is 4.98 Å². The van der Waals surface area contributed by atoms with Crippen LogP contribution in [-0.4, -0.2) is 221 Å². The summed E-state index contributed by atoms with van der Waals surface area (Å²) in [6.07, 6.45) is -11.7. The fourth-order valence-corrected chi connectivity index (χ4v) is 15.6. The maximum atomic E-state index is 13.3. The first-order chi connectivity index (χ1) is 37.5. The zero-order valence-electron chi connectivity index (χ0n) is 47.1. The molecule has 0 bridgehead atoms. The van der Waals surface area contributed by atoms with Gasteiger partial charge in [-0.15, -0.1) is 0 Å². The number of aromatic nitrogens is 1. The van der Waals surface area contributed by atoms with E-state index in [4.69, 9.17) is 61.6 Å². The van der Waals surface area contributed by atoms with E-state index in [0.29, 0.717) is 19.3 Å². The van der Waals surface area contributed by atoms with Crippen molar-refractivity contribution in [3.63, 3.8) is 0 Å². The van der Waals surface area contributed by atoms with E-state index >= 15 is 0 Å². The zero-order chi connectivity index (χ0) is 57.1. The summed E-state index contributed by atoms with van der Waals surface area (Å²) in [6, 6.07) is 3.22. The lowest BCUT2D eigenvalue weighted by atomic mass is 9.42. The third-order valence-corrected chi connectivity index (χ3v) is 20.2. The maximum Gasteiger partial charge on any atom is 0.340 e. The summed E-state index contributed by atoms with van der Waals surface area (Å²) >= 11 is 0. The number of pyridine rings is 1. The molecule has 0 aromatic carbocycles. The Morgan fingerprint density at radius 2 is 1.34 bits per heavy atom. The summed E-state index contributed by atoms with van der Waals surface area (Å²) in [6.45, 7) is 11.8. The summed E-state index contributed by atoms with van der Waals surface area (Å²) in [5.74, 6) is -1.15. The van der Waals surface area contributed by atoms with Gasteiger partial charge in [-0.05, 0) is 114 Å². The second-order valence-electron chi connectivity index (χ2n) is 24.2. The van der Waals surface area contributed by atoms with Gasteiger partial charge in [0.25, 0.3) is 0 Å². The molecule has 79 heavy (non-hydrogen) atoms. The number of carbonyl (C=O) groups is 2. The molecule has 4 saturated carbocycles. The van der Waals surface area contributed by atoms with Crippen LogP contribution in [0, 0.1) is 28.6 Å². The van der Waals surface area contributed by atoms with Gasteiger partial charge in [0.1, 0.15) is 72.7 Å². The van der Waals surface area contributed by atoms with Crippen molar-refractivity contribution in [2.75, 3.05) is 27.9 Å². The van der Waals surface area contributed by atoms with Crippen molar-refractivity contribution in [1.29, 1.82) is 0 Å². The molecule has 28 atom stereocenters. The minimum absolute atomic E-state index is 0.0289. The first-order valence-electron chi connectivity index (χ1n) is 28.3. The highest BCUT2D eigenvalue weighted by molar-refractivity contribution is 5.89. The Balaban J connectivity index is 0.792. The highest BCUT2D eigenvalue weighted by atomic mass is 16.8. The van der Waals surface area contributed by atoms with Crippen LogP contribution in [0.25, 0.3) is 0 Å². The van der Waals surface area contributed by atoms with Crippen LogP contribution in [0.3, 0.4) is 0 Å². The first kappa shape index (κ1) is 60.9. The Bertz CT molecular complexity index is 2220. The van der Waals surface area contributed by atoms with Gasteiger partial charge in [0.05, 0.1) is 59.8 Å². The first-order valence-corrected chi connectivity index (χ1v) is 28.3. The number of fused-ring (bicyclic) bond motifs is 5. The predicted molar refractivity (Wildman–Crippen MR) is 272 cm³/mol. The summed E-state index contributed by atoms with van der Waals surface area (Å²) in [4.78, 5) is 30.2. The van der Waals surface area contributed by atoms with E-state index in [1.54, 1.807) is 53.3 Å². The van der Waals surface area contributed by atoms with Crippen LogP contribution in [0.2, 0.25) is 0 Å². The van der Waals surface area contributed by atoms with Crippen LogP contribution in [0.4, 0.5) is 0 Å². The van der Waals surface area contributed by atoms with Gasteiger partial charge in [-0.1, -0.05) is 13.8 Å². The topological polar surface area (TPSA) is 309 Å². The Kier molecular flexibility index (Phi) is 18.6. The van der Waals surface area contributed by atoms with Crippen LogP contribution in [0.1, 0.15) is 123 Å². The van der Waals surface area contributed by atoms with E-state index in [1.165, 1.54) is 20.2 Å². The number of aliphatic hydroxyl groups is 7. The minimum Gasteiger partial charge on any atom is -0.462 e. The number of hydrogen-bond donors (Lipinski definition) is 7. The molecule has 28 unspecified atom stereocenters. The van der Waals surface area contributed by atoms with Crippen LogP contribution in [0.15, 0.2) is 24.5 Å². The molecule has 448 valence electrons. The standard InChI is InChI=1S/C56H87NO22/c1-26-46(77-41-23-37(68-9)47(27(2)71-41)78-52-45(63)49(69-10)48(28(3)72-52)79-51-44(62)43(61)42(60)38(25-58)76-51)36(67-8)22-40(70-26)75-33-15-16-53(6)32(20-33)13-14-34-35(53)21-39(74-30(5)59)54(7)55(65,17-18-56(34,54)66)29(4)73-50(64)31-12-11-19-57-24-31/h11-12,19,24,26-29,32-49,51-52,58,60-63,65-66H,13-18,20-23,25H2,1-10H3. The molecule has 23 heteroatoms. The van der Waals surface area contributed by atoms with Gasteiger partial charge in [0, 0.05) is 53.5 Å². The van der Waals surface area contributed by atoms with E-state index in [9.17, 15) is 45.3 Å². The van der Waals surface area contributed by atoms with Gasteiger partial charge < -0.3 is 97.3 Å². The fourth-order valence-electron chi connectivity index (χ4n) is 15.6. The number of carbonyl (C=O) groups excluding carboxylic acids is 2. The quantitative estimate of drug-likeness (QED) is 0.0917. The molecule has 4 aliphatic carbocycles. The van der Waals surface area contributed by atoms with Gasteiger partial charge in [-0.25, -0.2) is 4.79 Å². The molecule has 8 fully saturated rings. The second kappa shape index (κ2) is 24.2. The Morgan fingerprint density at radius 3 is 1.96 bits per heavy atom. The normalized spacial score (nSPS) is 49.4. The summed E-state index contributed by atoms with van der Waals surface area (Å²) in [5, 5.41) is 78.3. The van der Waals surface area contributed by atoms with Crippen LogP contribution >= 0.6 is 0 Å². The van der Waals surface area contributed by atoms with Crippen molar-refractivity contribution in [2.45, 2.75) is 253 Å². The molecule has 9 rings (SSSR count). The number of rotatable bonds is 16. The lowest BCUT2D eigenvalue weighted by Crippen LogP contribution is -2.72. The van der Waals surface area contributed by atoms with Crippen molar-refractivity contribution in [3.05, 3.63) is 30.1 Å². The highest BCUT2D eigenvalue weighted by Crippen LogP contribution is 2.71. The average molecular weight is 1130 g/mol. The van der Waals surface area contributed by atoms with Gasteiger partial charge in [-0.3, -0.25) is 9.78 Å². The van der Waals surface area contributed by atoms with E-state index in [1.807, 2.05) is 13.8 Å². The molecule has 23 nitrogen and oxygen atoms in total. The third kappa shape index (κ3) is 11.1. The lowest BCUT2D eigenvalue weighted by molar-refractivity contribution is -0.373. The van der Waals surface area contributed by atoms with Crippen LogP contribution in [0.5, 0.6) is 0 Å². The average Bonchev–Trinajstić information content (AvgIpc) is 2.12. The summed E-state index contributed by atoms with van der Waals surface area (Å²) in [7, 11) is 4.54. The van der Waals surface area contributed by atoms with Crippen molar-refractivity contribution >= 4 is 11.9 Å². The number of esters is 2. The summed E-state index contributed by atoms with van der Waals surface area (Å²) < 4.78 is 80.2. The maximum absolute atomic E-state index is 13.3. The molecule has 0 amide bonds.